The Morgan fingerprint density at radius 1 is 1.00 bits per heavy atom. The van der Waals surface area contributed by atoms with Crippen molar-refractivity contribution in [2.45, 2.75) is 19.3 Å². The van der Waals surface area contributed by atoms with Crippen LogP contribution in [0.15, 0.2) is 49.1 Å². The summed E-state index contributed by atoms with van der Waals surface area (Å²) in [6.07, 6.45) is 11.7. The zero-order valence-electron chi connectivity index (χ0n) is 13.4. The van der Waals surface area contributed by atoms with Gasteiger partial charge in [-0.1, -0.05) is 24.4 Å². The van der Waals surface area contributed by atoms with Gasteiger partial charge in [0, 0.05) is 25.5 Å². The first-order valence-corrected chi connectivity index (χ1v) is 9.17. The zero-order chi connectivity index (χ0) is 15.9. The molecule has 0 spiro atoms. The number of piperidine rings is 1. The summed E-state index contributed by atoms with van der Waals surface area (Å²) in [7, 11) is 0. The van der Waals surface area contributed by atoms with Crippen molar-refractivity contribution in [3.05, 3.63) is 49.1 Å². The summed E-state index contributed by atoms with van der Waals surface area (Å²) in [5.74, 6) is 0. The van der Waals surface area contributed by atoms with Crippen LogP contribution in [0.5, 0.6) is 0 Å². The lowest BCUT2D eigenvalue weighted by Crippen LogP contribution is -2.22. The summed E-state index contributed by atoms with van der Waals surface area (Å²) >= 11 is 1.88. The first kappa shape index (κ1) is 16.0. The van der Waals surface area contributed by atoms with Crippen molar-refractivity contribution in [3.63, 3.8) is 0 Å². The van der Waals surface area contributed by atoms with Crippen LogP contribution in [0.2, 0.25) is 0 Å². The van der Waals surface area contributed by atoms with Crippen molar-refractivity contribution in [2.75, 3.05) is 19.3 Å². The quantitative estimate of drug-likeness (QED) is 0.710. The number of aromatic amines is 1. The second-order valence-corrected chi connectivity index (χ2v) is 6.42. The van der Waals surface area contributed by atoms with Crippen molar-refractivity contribution in [2.24, 2.45) is 0 Å². The van der Waals surface area contributed by atoms with Gasteiger partial charge in [-0.05, 0) is 54.5 Å². The standard InChI is InChI=1S/C12H9N3.C6H13NS/c1-2-11-12(15-8-14-11)7-10(1)9-3-5-13-6-4-9;1-8-7-5-3-2-4-6-7/h1-8H,(H,14,15);2-6H2,1H3. The molecule has 3 heterocycles. The Labute approximate surface area is 141 Å². The van der Waals surface area contributed by atoms with Crippen LogP contribution in [0.1, 0.15) is 19.3 Å². The number of H-pyrrole nitrogens is 1. The van der Waals surface area contributed by atoms with Crippen LogP contribution in [0.3, 0.4) is 0 Å². The van der Waals surface area contributed by atoms with E-state index in [9.17, 15) is 0 Å². The highest BCUT2D eigenvalue weighted by molar-refractivity contribution is 7.96. The molecule has 120 valence electrons. The lowest BCUT2D eigenvalue weighted by molar-refractivity contribution is 0.381. The van der Waals surface area contributed by atoms with E-state index < -0.39 is 0 Å². The molecule has 5 heteroatoms. The van der Waals surface area contributed by atoms with E-state index >= 15 is 0 Å². The number of hydrogen-bond acceptors (Lipinski definition) is 4. The average Bonchev–Trinajstić information content (AvgIpc) is 3.11. The van der Waals surface area contributed by atoms with Crippen LogP contribution in [-0.2, 0) is 0 Å². The fraction of sp³-hybridized carbons (Fsp3) is 0.333. The maximum absolute atomic E-state index is 4.19. The van der Waals surface area contributed by atoms with E-state index in [1.807, 2.05) is 30.1 Å². The van der Waals surface area contributed by atoms with Crippen molar-refractivity contribution < 1.29 is 0 Å². The van der Waals surface area contributed by atoms with Gasteiger partial charge in [0.1, 0.15) is 0 Å². The lowest BCUT2D eigenvalue weighted by Gasteiger charge is -2.22. The number of imidazole rings is 1. The summed E-state index contributed by atoms with van der Waals surface area (Å²) < 4.78 is 2.43. The van der Waals surface area contributed by atoms with Crippen molar-refractivity contribution in [1.82, 2.24) is 19.3 Å². The average molecular weight is 326 g/mol. The molecule has 4 rings (SSSR count). The molecule has 23 heavy (non-hydrogen) atoms. The van der Waals surface area contributed by atoms with Gasteiger partial charge in [-0.3, -0.25) is 9.29 Å². The summed E-state index contributed by atoms with van der Waals surface area (Å²) in [5.41, 5.74) is 4.40. The Morgan fingerprint density at radius 3 is 2.48 bits per heavy atom. The number of nitrogens with one attached hydrogen (secondary N) is 1. The van der Waals surface area contributed by atoms with Gasteiger partial charge in [0.05, 0.1) is 17.4 Å². The normalized spacial score (nSPS) is 15.2. The van der Waals surface area contributed by atoms with Crippen LogP contribution < -0.4 is 0 Å². The summed E-state index contributed by atoms with van der Waals surface area (Å²) in [6, 6.07) is 10.2. The Balaban J connectivity index is 0.000000166. The number of rotatable bonds is 2. The molecule has 0 amide bonds. The van der Waals surface area contributed by atoms with E-state index in [2.05, 4.69) is 37.6 Å². The molecule has 1 saturated heterocycles. The molecule has 4 nitrogen and oxygen atoms in total. The number of nitrogens with zero attached hydrogens (tertiary/aromatic N) is 3. The summed E-state index contributed by atoms with van der Waals surface area (Å²) in [4.78, 5) is 11.3. The predicted molar refractivity (Wildman–Crippen MR) is 98.3 cm³/mol. The van der Waals surface area contributed by atoms with Crippen LogP contribution in [0.25, 0.3) is 22.2 Å². The van der Waals surface area contributed by atoms with E-state index in [0.29, 0.717) is 0 Å². The highest BCUT2D eigenvalue weighted by atomic mass is 32.2. The van der Waals surface area contributed by atoms with E-state index in [0.717, 1.165) is 11.0 Å². The molecule has 1 aromatic carbocycles. The van der Waals surface area contributed by atoms with Gasteiger partial charge in [0.2, 0.25) is 0 Å². The monoisotopic (exact) mass is 326 g/mol. The van der Waals surface area contributed by atoms with Gasteiger partial charge < -0.3 is 4.98 Å². The number of aromatic nitrogens is 3. The first-order valence-electron chi connectivity index (χ1n) is 7.99. The molecule has 1 aliphatic rings. The minimum Gasteiger partial charge on any atom is -0.345 e. The smallest absolute Gasteiger partial charge is 0.0931 e. The molecule has 0 aliphatic carbocycles. The topological polar surface area (TPSA) is 44.8 Å². The molecular weight excluding hydrogens is 304 g/mol. The Morgan fingerprint density at radius 2 is 1.78 bits per heavy atom. The van der Waals surface area contributed by atoms with Gasteiger partial charge in [-0.15, -0.1) is 0 Å². The summed E-state index contributed by atoms with van der Waals surface area (Å²) in [6.45, 7) is 2.61. The van der Waals surface area contributed by atoms with E-state index in [1.54, 1.807) is 18.7 Å². The molecular formula is C18H22N4S. The summed E-state index contributed by atoms with van der Waals surface area (Å²) in [5, 5.41) is 0. The number of benzene rings is 1. The van der Waals surface area contributed by atoms with Crippen LogP contribution in [-0.4, -0.2) is 38.6 Å². The Hall–Kier alpha value is -1.85. The molecule has 0 atom stereocenters. The maximum atomic E-state index is 4.19. The molecule has 0 bridgehead atoms. The predicted octanol–water partition coefficient (Wildman–Crippen LogP) is 4.38. The van der Waals surface area contributed by atoms with Gasteiger partial charge >= 0.3 is 0 Å². The molecule has 0 saturated carbocycles. The molecule has 2 aromatic heterocycles. The van der Waals surface area contributed by atoms with Crippen molar-refractivity contribution in [3.8, 4) is 11.1 Å². The highest BCUT2D eigenvalue weighted by Gasteiger charge is 2.06. The lowest BCUT2D eigenvalue weighted by atomic mass is 10.1. The van der Waals surface area contributed by atoms with Crippen molar-refractivity contribution >= 4 is 23.0 Å². The third-order valence-corrected chi connectivity index (χ3v) is 4.89. The molecule has 1 N–H and O–H groups in total. The van der Waals surface area contributed by atoms with Crippen LogP contribution in [0, 0.1) is 0 Å². The maximum Gasteiger partial charge on any atom is 0.0931 e. The zero-order valence-corrected chi connectivity index (χ0v) is 14.2. The number of hydrogen-bond donors (Lipinski definition) is 1. The van der Waals surface area contributed by atoms with E-state index in [-0.39, 0.29) is 0 Å². The molecule has 0 radical (unpaired) electrons. The highest BCUT2D eigenvalue weighted by Crippen LogP contribution is 2.21. The van der Waals surface area contributed by atoms with Crippen LogP contribution in [0.4, 0.5) is 0 Å². The minimum absolute atomic E-state index is 0.993. The second-order valence-electron chi connectivity index (χ2n) is 5.54. The fourth-order valence-corrected chi connectivity index (χ4v) is 3.33. The fourth-order valence-electron chi connectivity index (χ4n) is 2.71. The van der Waals surface area contributed by atoms with E-state index in [4.69, 9.17) is 0 Å². The van der Waals surface area contributed by atoms with Crippen molar-refractivity contribution in [1.29, 1.82) is 0 Å². The van der Waals surface area contributed by atoms with Gasteiger partial charge in [0.25, 0.3) is 0 Å². The molecule has 1 fully saturated rings. The number of pyridine rings is 1. The number of fused-ring (bicyclic) bond motifs is 1. The molecule has 0 unspecified atom stereocenters. The molecule has 1 aliphatic heterocycles. The first-order chi connectivity index (χ1) is 11.4. The largest absolute Gasteiger partial charge is 0.345 e. The van der Waals surface area contributed by atoms with Gasteiger partial charge in [-0.25, -0.2) is 4.98 Å². The molecule has 3 aromatic rings. The van der Waals surface area contributed by atoms with Gasteiger partial charge in [-0.2, -0.15) is 0 Å². The Kier molecular flexibility index (Phi) is 5.66. The third-order valence-electron chi connectivity index (χ3n) is 4.01. The Bertz CT molecular complexity index is 720. The minimum atomic E-state index is 0.993. The third kappa shape index (κ3) is 4.33. The SMILES string of the molecule is CSN1CCCCC1.c1cc(-c2ccc3nc[nH]c3c2)ccn1. The van der Waals surface area contributed by atoms with Crippen LogP contribution >= 0.6 is 11.9 Å². The van der Waals surface area contributed by atoms with E-state index in [1.165, 1.54) is 43.5 Å². The second kappa shape index (κ2) is 8.13. The van der Waals surface area contributed by atoms with Gasteiger partial charge in [0.15, 0.2) is 0 Å².